The van der Waals surface area contributed by atoms with Crippen LogP contribution in [0.3, 0.4) is 0 Å². The molecule has 1 aliphatic heterocycles. The number of hydrogen-bond acceptors (Lipinski definition) is 5. The molecular formula is C15H20ClN3O2S. The molecule has 0 aliphatic carbocycles. The third-order valence-corrected chi connectivity index (χ3v) is 4.50. The van der Waals surface area contributed by atoms with Crippen molar-refractivity contribution in [1.82, 2.24) is 15.6 Å². The average Bonchev–Trinajstić information content (AvgIpc) is 3.07. The lowest BCUT2D eigenvalue weighted by Gasteiger charge is -2.28. The number of nitrogens with one attached hydrogen (secondary N) is 2. The highest BCUT2D eigenvalue weighted by molar-refractivity contribution is 7.13. The first kappa shape index (κ1) is 17.0. The molecule has 2 aromatic rings. The number of thiazole rings is 1. The molecule has 3 rings (SSSR count). The van der Waals surface area contributed by atoms with E-state index in [9.17, 15) is 4.79 Å². The standard InChI is InChI=1S/C15H19N3O2S.ClH/c1-9-7-11(5-6-16-9)17-14(19)12-8-21-15(18-12)13-4-3-10(2)20-13;/h3-4,8-9,11,16H,5-7H2,1-2H3,(H,17,19);1H. The van der Waals surface area contributed by atoms with E-state index in [0.717, 1.165) is 30.2 Å². The zero-order valence-electron chi connectivity index (χ0n) is 12.6. The van der Waals surface area contributed by atoms with Crippen molar-refractivity contribution in [2.24, 2.45) is 0 Å². The van der Waals surface area contributed by atoms with Crippen LogP contribution in [0, 0.1) is 6.92 Å². The van der Waals surface area contributed by atoms with Gasteiger partial charge in [0.2, 0.25) is 0 Å². The summed E-state index contributed by atoms with van der Waals surface area (Å²) >= 11 is 1.43. The van der Waals surface area contributed by atoms with Crippen LogP contribution in [0.2, 0.25) is 0 Å². The number of aromatic nitrogens is 1. The van der Waals surface area contributed by atoms with Gasteiger partial charge < -0.3 is 15.1 Å². The number of piperidine rings is 1. The van der Waals surface area contributed by atoms with Gasteiger partial charge in [-0.2, -0.15) is 0 Å². The van der Waals surface area contributed by atoms with Crippen molar-refractivity contribution < 1.29 is 9.21 Å². The molecule has 2 atom stereocenters. The molecule has 1 fully saturated rings. The predicted octanol–water partition coefficient (Wildman–Crippen LogP) is 3.00. The number of aryl methyl sites for hydroxylation is 1. The maximum atomic E-state index is 12.3. The van der Waals surface area contributed by atoms with Gasteiger partial charge in [0.1, 0.15) is 11.5 Å². The number of hydrogen-bond donors (Lipinski definition) is 2. The second-order valence-electron chi connectivity index (χ2n) is 5.50. The fourth-order valence-corrected chi connectivity index (χ4v) is 3.32. The first-order chi connectivity index (χ1) is 10.1. The minimum atomic E-state index is -0.0973. The molecule has 2 aromatic heterocycles. The summed E-state index contributed by atoms with van der Waals surface area (Å²) in [5, 5.41) is 8.97. The summed E-state index contributed by atoms with van der Waals surface area (Å²) in [4.78, 5) is 16.6. The molecule has 3 heterocycles. The summed E-state index contributed by atoms with van der Waals surface area (Å²) in [7, 11) is 0. The monoisotopic (exact) mass is 341 g/mol. The lowest BCUT2D eigenvalue weighted by atomic mass is 10.0. The molecule has 0 bridgehead atoms. The van der Waals surface area contributed by atoms with Crippen LogP contribution < -0.4 is 10.6 Å². The van der Waals surface area contributed by atoms with Gasteiger partial charge in [-0.1, -0.05) is 0 Å². The molecule has 1 saturated heterocycles. The highest BCUT2D eigenvalue weighted by Gasteiger charge is 2.22. The Kier molecular flexibility index (Phi) is 5.61. The SMILES string of the molecule is Cc1ccc(-c2nc(C(=O)NC3CCNC(C)C3)cs2)o1.Cl. The first-order valence-electron chi connectivity index (χ1n) is 7.18. The van der Waals surface area contributed by atoms with Crippen molar-refractivity contribution in [3.8, 4) is 10.8 Å². The van der Waals surface area contributed by atoms with Crippen molar-refractivity contribution in [3.63, 3.8) is 0 Å². The average molecular weight is 342 g/mol. The van der Waals surface area contributed by atoms with Gasteiger partial charge in [0.15, 0.2) is 10.8 Å². The number of amides is 1. The van der Waals surface area contributed by atoms with Gasteiger partial charge in [0.05, 0.1) is 0 Å². The Bertz CT molecular complexity index is 640. The Labute approximate surface area is 139 Å². The zero-order chi connectivity index (χ0) is 14.8. The normalized spacial score (nSPS) is 21.2. The Morgan fingerprint density at radius 2 is 2.32 bits per heavy atom. The summed E-state index contributed by atoms with van der Waals surface area (Å²) in [6.07, 6.45) is 1.92. The molecule has 0 saturated carbocycles. The van der Waals surface area contributed by atoms with Gasteiger partial charge in [0, 0.05) is 17.5 Å². The maximum absolute atomic E-state index is 12.3. The highest BCUT2D eigenvalue weighted by Crippen LogP contribution is 2.25. The van der Waals surface area contributed by atoms with E-state index < -0.39 is 0 Å². The summed E-state index contributed by atoms with van der Waals surface area (Å²) < 4.78 is 5.53. The molecular weight excluding hydrogens is 322 g/mol. The fraction of sp³-hybridized carbons (Fsp3) is 0.467. The second kappa shape index (κ2) is 7.26. The number of carbonyl (C=O) groups excluding carboxylic acids is 1. The van der Waals surface area contributed by atoms with Crippen molar-refractivity contribution in [2.75, 3.05) is 6.54 Å². The summed E-state index contributed by atoms with van der Waals surface area (Å²) in [6.45, 7) is 4.97. The molecule has 0 spiro atoms. The molecule has 22 heavy (non-hydrogen) atoms. The lowest BCUT2D eigenvalue weighted by Crippen LogP contribution is -2.46. The molecule has 7 heteroatoms. The van der Waals surface area contributed by atoms with E-state index in [1.165, 1.54) is 11.3 Å². The van der Waals surface area contributed by atoms with Crippen LogP contribution >= 0.6 is 23.7 Å². The molecule has 0 aromatic carbocycles. The number of nitrogens with zero attached hydrogens (tertiary/aromatic N) is 1. The molecule has 5 nitrogen and oxygen atoms in total. The highest BCUT2D eigenvalue weighted by atomic mass is 35.5. The van der Waals surface area contributed by atoms with E-state index in [2.05, 4.69) is 22.5 Å². The van der Waals surface area contributed by atoms with Gasteiger partial charge >= 0.3 is 0 Å². The van der Waals surface area contributed by atoms with Crippen molar-refractivity contribution in [2.45, 2.75) is 38.8 Å². The van der Waals surface area contributed by atoms with Gasteiger partial charge in [-0.3, -0.25) is 4.79 Å². The predicted molar refractivity (Wildman–Crippen MR) is 89.8 cm³/mol. The van der Waals surface area contributed by atoms with Gasteiger partial charge in [-0.15, -0.1) is 23.7 Å². The van der Waals surface area contributed by atoms with E-state index in [1.54, 1.807) is 5.38 Å². The number of rotatable bonds is 3. The van der Waals surface area contributed by atoms with Crippen LogP contribution in [0.15, 0.2) is 21.9 Å². The van der Waals surface area contributed by atoms with Gasteiger partial charge in [-0.25, -0.2) is 4.98 Å². The Morgan fingerprint density at radius 1 is 1.50 bits per heavy atom. The second-order valence-corrected chi connectivity index (χ2v) is 6.36. The van der Waals surface area contributed by atoms with Crippen LogP contribution in [-0.2, 0) is 0 Å². The number of carbonyl (C=O) groups is 1. The van der Waals surface area contributed by atoms with Gasteiger partial charge in [0.25, 0.3) is 5.91 Å². The van der Waals surface area contributed by atoms with E-state index >= 15 is 0 Å². The van der Waals surface area contributed by atoms with Crippen molar-refractivity contribution >= 4 is 29.7 Å². The Hall–Kier alpha value is -1.37. The zero-order valence-corrected chi connectivity index (χ0v) is 14.2. The largest absolute Gasteiger partial charge is 0.459 e. The van der Waals surface area contributed by atoms with Crippen LogP contribution in [0.25, 0.3) is 10.8 Å². The third-order valence-electron chi connectivity index (χ3n) is 3.65. The molecule has 2 N–H and O–H groups in total. The topological polar surface area (TPSA) is 67.2 Å². The van der Waals surface area contributed by atoms with E-state index in [-0.39, 0.29) is 24.4 Å². The van der Waals surface area contributed by atoms with Crippen LogP contribution in [0.5, 0.6) is 0 Å². The van der Waals surface area contributed by atoms with Crippen molar-refractivity contribution in [1.29, 1.82) is 0 Å². The maximum Gasteiger partial charge on any atom is 0.270 e. The lowest BCUT2D eigenvalue weighted by molar-refractivity contribution is 0.0921. The summed E-state index contributed by atoms with van der Waals surface area (Å²) in [5.41, 5.74) is 0.468. The minimum Gasteiger partial charge on any atom is -0.459 e. The van der Waals surface area contributed by atoms with Gasteiger partial charge in [-0.05, 0) is 45.4 Å². The smallest absolute Gasteiger partial charge is 0.270 e. The summed E-state index contributed by atoms with van der Waals surface area (Å²) in [5.74, 6) is 1.46. The molecule has 2 unspecified atom stereocenters. The fourth-order valence-electron chi connectivity index (χ4n) is 2.56. The van der Waals surface area contributed by atoms with Crippen LogP contribution in [-0.4, -0.2) is 29.5 Å². The minimum absolute atomic E-state index is 0. The van der Waals surface area contributed by atoms with Crippen LogP contribution in [0.1, 0.15) is 36.0 Å². The third kappa shape index (κ3) is 3.88. The first-order valence-corrected chi connectivity index (χ1v) is 8.06. The molecule has 120 valence electrons. The van der Waals surface area contributed by atoms with Crippen molar-refractivity contribution in [3.05, 3.63) is 29.0 Å². The summed E-state index contributed by atoms with van der Waals surface area (Å²) in [6, 6.07) is 4.45. The Balaban J connectivity index is 0.00000176. The quantitative estimate of drug-likeness (QED) is 0.900. The Morgan fingerprint density at radius 3 is 3.00 bits per heavy atom. The molecule has 1 amide bonds. The van der Waals surface area contributed by atoms with Crippen LogP contribution in [0.4, 0.5) is 0 Å². The van der Waals surface area contributed by atoms with E-state index in [0.29, 0.717) is 17.5 Å². The number of halogens is 1. The van der Waals surface area contributed by atoms with E-state index in [4.69, 9.17) is 4.42 Å². The molecule has 0 radical (unpaired) electrons. The number of furan rings is 1. The van der Waals surface area contributed by atoms with E-state index in [1.807, 2.05) is 19.1 Å². The molecule has 1 aliphatic rings.